The highest BCUT2D eigenvalue weighted by molar-refractivity contribution is 7.99. The first-order valence-corrected chi connectivity index (χ1v) is 4.43. The second-order valence-corrected chi connectivity index (χ2v) is 3.94. The lowest BCUT2D eigenvalue weighted by Gasteiger charge is -2.18. The largest absolute Gasteiger partial charge is 0.440 e. The Balaban J connectivity index is 2.22. The van der Waals surface area contributed by atoms with Crippen LogP contribution in [0.5, 0.6) is 0 Å². The molecule has 0 aromatic rings. The van der Waals surface area contributed by atoms with E-state index in [-0.39, 0.29) is 17.7 Å². The average molecular weight is 159 g/mol. The van der Waals surface area contributed by atoms with Crippen LogP contribution in [0.25, 0.3) is 0 Å². The van der Waals surface area contributed by atoms with Gasteiger partial charge in [0, 0.05) is 11.5 Å². The van der Waals surface area contributed by atoms with E-state index in [1.165, 1.54) is 0 Å². The number of alkyl carbamates (subject to hydrolysis) is 1. The molecule has 0 aromatic heterocycles. The zero-order valence-corrected chi connectivity index (χ0v) is 6.53. The average Bonchev–Trinajstić information content (AvgIpc) is 2.20. The Kier molecular flexibility index (Phi) is 1.15. The molecule has 4 heteroatoms. The van der Waals surface area contributed by atoms with Gasteiger partial charge < -0.3 is 10.1 Å². The van der Waals surface area contributed by atoms with Crippen molar-refractivity contribution in [3.63, 3.8) is 0 Å². The number of nitrogens with one attached hydrogen (secondary N) is 1. The Hall–Kier alpha value is -0.380. The molecule has 2 atom stereocenters. The third-order valence-electron chi connectivity index (χ3n) is 2.03. The van der Waals surface area contributed by atoms with Crippen LogP contribution in [0.3, 0.4) is 0 Å². The minimum Gasteiger partial charge on any atom is -0.440 e. The first-order chi connectivity index (χ1) is 4.71. The van der Waals surface area contributed by atoms with Crippen LogP contribution in [-0.4, -0.2) is 29.2 Å². The van der Waals surface area contributed by atoms with Gasteiger partial charge in [-0.1, -0.05) is 0 Å². The van der Waals surface area contributed by atoms with E-state index in [1.54, 1.807) is 0 Å². The highest BCUT2D eigenvalue weighted by atomic mass is 32.2. The Bertz CT molecular complexity index is 185. The van der Waals surface area contributed by atoms with Gasteiger partial charge in [0.15, 0.2) is 0 Å². The molecule has 2 heterocycles. The van der Waals surface area contributed by atoms with Crippen LogP contribution >= 0.6 is 11.8 Å². The number of ether oxygens (including phenoxy) is 1. The quantitative estimate of drug-likeness (QED) is 0.562. The molecule has 0 radical (unpaired) electrons. The van der Waals surface area contributed by atoms with Crippen molar-refractivity contribution in [2.75, 3.05) is 11.5 Å². The molecule has 0 unspecified atom stereocenters. The van der Waals surface area contributed by atoms with Crippen LogP contribution in [-0.2, 0) is 4.74 Å². The van der Waals surface area contributed by atoms with Crippen LogP contribution in [0, 0.1) is 0 Å². The standard InChI is InChI=1S/C6H9NO2S/c1-6-3-10-2-4(6)7-5(8)9-6/h4H,2-3H2,1H3,(H,7,8)/t4-,6-/m0/s1. The van der Waals surface area contributed by atoms with Crippen molar-refractivity contribution in [1.82, 2.24) is 5.32 Å². The van der Waals surface area contributed by atoms with Crippen LogP contribution < -0.4 is 5.32 Å². The second-order valence-electron chi connectivity index (χ2n) is 2.91. The first kappa shape index (κ1) is 6.34. The number of hydrogen-bond donors (Lipinski definition) is 1. The van der Waals surface area contributed by atoms with Crippen LogP contribution in [0.15, 0.2) is 0 Å². The minimum atomic E-state index is -0.257. The van der Waals surface area contributed by atoms with Gasteiger partial charge in [0.05, 0.1) is 6.04 Å². The van der Waals surface area contributed by atoms with Crippen molar-refractivity contribution in [2.24, 2.45) is 0 Å². The molecule has 0 aromatic carbocycles. The number of rotatable bonds is 0. The van der Waals surface area contributed by atoms with Gasteiger partial charge in [0.25, 0.3) is 0 Å². The molecule has 0 aliphatic carbocycles. The Morgan fingerprint density at radius 2 is 2.70 bits per heavy atom. The van der Waals surface area contributed by atoms with Gasteiger partial charge in [-0.05, 0) is 6.92 Å². The molecule has 1 amide bonds. The topological polar surface area (TPSA) is 38.3 Å². The zero-order chi connectivity index (χ0) is 7.19. The predicted octanol–water partition coefficient (Wildman–Crippen LogP) is 0.600. The summed E-state index contributed by atoms with van der Waals surface area (Å²) in [6, 6.07) is 0.241. The van der Waals surface area contributed by atoms with E-state index in [0.717, 1.165) is 11.5 Å². The lowest BCUT2D eigenvalue weighted by Crippen LogP contribution is -2.39. The molecular formula is C6H9NO2S. The Morgan fingerprint density at radius 3 is 3.40 bits per heavy atom. The van der Waals surface area contributed by atoms with E-state index in [2.05, 4.69) is 5.32 Å². The molecule has 10 heavy (non-hydrogen) atoms. The fourth-order valence-corrected chi connectivity index (χ4v) is 2.79. The normalized spacial score (nSPS) is 44.5. The summed E-state index contributed by atoms with van der Waals surface area (Å²) in [6.07, 6.45) is -0.257. The summed E-state index contributed by atoms with van der Waals surface area (Å²) in [5.41, 5.74) is -0.220. The maximum Gasteiger partial charge on any atom is 0.408 e. The van der Waals surface area contributed by atoms with Crippen LogP contribution in [0.2, 0.25) is 0 Å². The van der Waals surface area contributed by atoms with Crippen molar-refractivity contribution in [3.05, 3.63) is 0 Å². The number of carbonyl (C=O) groups excluding carboxylic acids is 1. The van der Waals surface area contributed by atoms with Gasteiger partial charge in [-0.25, -0.2) is 4.79 Å². The highest BCUT2D eigenvalue weighted by Gasteiger charge is 2.48. The number of thioether (sulfide) groups is 1. The molecule has 2 saturated heterocycles. The van der Waals surface area contributed by atoms with E-state index < -0.39 is 0 Å². The minimum absolute atomic E-state index is 0.220. The smallest absolute Gasteiger partial charge is 0.408 e. The summed E-state index contributed by atoms with van der Waals surface area (Å²) >= 11 is 1.83. The van der Waals surface area contributed by atoms with Gasteiger partial charge >= 0.3 is 6.09 Å². The van der Waals surface area contributed by atoms with E-state index in [1.807, 2.05) is 18.7 Å². The SMILES string of the molecule is C[C@]12CSC[C@@H]1NC(=O)O2. The van der Waals surface area contributed by atoms with Gasteiger partial charge in [0.1, 0.15) is 5.60 Å². The molecule has 0 bridgehead atoms. The fourth-order valence-electron chi connectivity index (χ4n) is 1.33. The van der Waals surface area contributed by atoms with Gasteiger partial charge in [-0.15, -0.1) is 0 Å². The Labute approximate surface area is 63.5 Å². The van der Waals surface area contributed by atoms with Crippen molar-refractivity contribution in [2.45, 2.75) is 18.6 Å². The number of carbonyl (C=O) groups is 1. The number of amides is 1. The van der Waals surface area contributed by atoms with E-state index in [0.29, 0.717) is 0 Å². The summed E-state index contributed by atoms with van der Waals surface area (Å²) in [5, 5.41) is 2.77. The maximum atomic E-state index is 10.7. The zero-order valence-electron chi connectivity index (χ0n) is 5.72. The second kappa shape index (κ2) is 1.81. The first-order valence-electron chi connectivity index (χ1n) is 3.28. The summed E-state index contributed by atoms with van der Waals surface area (Å²) in [5.74, 6) is 1.92. The van der Waals surface area contributed by atoms with Gasteiger partial charge in [-0.3, -0.25) is 0 Å². The number of fused-ring (bicyclic) bond motifs is 1. The molecule has 2 fully saturated rings. The van der Waals surface area contributed by atoms with Gasteiger partial charge in [0.2, 0.25) is 0 Å². The molecule has 3 nitrogen and oxygen atoms in total. The van der Waals surface area contributed by atoms with Crippen molar-refractivity contribution < 1.29 is 9.53 Å². The third kappa shape index (κ3) is 0.714. The Morgan fingerprint density at radius 1 is 1.90 bits per heavy atom. The molecule has 0 spiro atoms. The lowest BCUT2D eigenvalue weighted by molar-refractivity contribution is 0.0805. The van der Waals surface area contributed by atoms with E-state index in [9.17, 15) is 4.79 Å². The summed E-state index contributed by atoms with van der Waals surface area (Å²) in [4.78, 5) is 10.7. The van der Waals surface area contributed by atoms with Crippen LogP contribution in [0.1, 0.15) is 6.92 Å². The molecule has 0 saturated carbocycles. The van der Waals surface area contributed by atoms with Crippen molar-refractivity contribution >= 4 is 17.9 Å². The van der Waals surface area contributed by atoms with Gasteiger partial charge in [-0.2, -0.15) is 11.8 Å². The number of hydrogen-bond acceptors (Lipinski definition) is 3. The summed E-state index contributed by atoms with van der Waals surface area (Å²) in [6.45, 7) is 1.98. The third-order valence-corrected chi connectivity index (χ3v) is 3.37. The van der Waals surface area contributed by atoms with Crippen molar-refractivity contribution in [3.8, 4) is 0 Å². The predicted molar refractivity (Wildman–Crippen MR) is 39.1 cm³/mol. The van der Waals surface area contributed by atoms with E-state index >= 15 is 0 Å². The fraction of sp³-hybridized carbons (Fsp3) is 0.833. The van der Waals surface area contributed by atoms with E-state index in [4.69, 9.17) is 4.74 Å². The summed E-state index contributed by atoms with van der Waals surface area (Å²) in [7, 11) is 0. The highest BCUT2D eigenvalue weighted by Crippen LogP contribution is 2.34. The van der Waals surface area contributed by atoms with Crippen LogP contribution in [0.4, 0.5) is 4.79 Å². The molecule has 1 N–H and O–H groups in total. The van der Waals surface area contributed by atoms with Crippen molar-refractivity contribution in [1.29, 1.82) is 0 Å². The lowest BCUT2D eigenvalue weighted by atomic mass is 10.0. The molecule has 2 aliphatic rings. The molecule has 56 valence electrons. The summed E-state index contributed by atoms with van der Waals surface area (Å²) < 4.78 is 5.10. The maximum absolute atomic E-state index is 10.7. The molecule has 2 rings (SSSR count). The molecular weight excluding hydrogens is 150 g/mol. The molecule has 2 aliphatic heterocycles. The monoisotopic (exact) mass is 159 g/mol.